The van der Waals surface area contributed by atoms with Crippen LogP contribution >= 0.6 is 0 Å². The van der Waals surface area contributed by atoms with Crippen molar-refractivity contribution in [1.82, 2.24) is 0 Å². The molecular formula is C3H5OS-. The summed E-state index contributed by atoms with van der Waals surface area (Å²) in [5.41, 5.74) is 0. The lowest BCUT2D eigenvalue weighted by molar-refractivity contribution is -0.107. The Hall–Kier alpha value is 0.0200. The van der Waals surface area contributed by atoms with Crippen molar-refractivity contribution in [2.75, 3.05) is 5.75 Å². The third kappa shape index (κ3) is 4.02. The molecule has 0 heterocycles. The molecule has 0 aliphatic rings. The molecule has 0 aliphatic carbocycles. The maximum Gasteiger partial charge on any atom is 0.118 e. The minimum absolute atomic E-state index is 0.523. The Morgan fingerprint density at radius 2 is 2.40 bits per heavy atom. The Kier molecular flexibility index (Phi) is 4.04. The van der Waals surface area contributed by atoms with Gasteiger partial charge in [0.25, 0.3) is 0 Å². The molecule has 0 aliphatic heterocycles. The van der Waals surface area contributed by atoms with Crippen LogP contribution in [0.2, 0.25) is 0 Å². The average molecular weight is 89.1 g/mol. The van der Waals surface area contributed by atoms with Gasteiger partial charge in [-0.05, 0) is 6.42 Å². The van der Waals surface area contributed by atoms with Crippen LogP contribution in [-0.2, 0) is 17.4 Å². The number of carbonyl (C=O) groups is 1. The van der Waals surface area contributed by atoms with Crippen molar-refractivity contribution >= 4 is 18.9 Å². The van der Waals surface area contributed by atoms with Gasteiger partial charge in [0.05, 0.1) is 0 Å². The zero-order chi connectivity index (χ0) is 4.12. The second-order valence-corrected chi connectivity index (χ2v) is 1.07. The van der Waals surface area contributed by atoms with Crippen LogP contribution < -0.4 is 0 Å². The maximum absolute atomic E-state index is 9.34. The van der Waals surface area contributed by atoms with Crippen LogP contribution in [0.15, 0.2) is 0 Å². The van der Waals surface area contributed by atoms with Crippen LogP contribution in [0, 0.1) is 0 Å². The van der Waals surface area contributed by atoms with E-state index in [9.17, 15) is 4.79 Å². The highest BCUT2D eigenvalue weighted by atomic mass is 32.1. The zero-order valence-corrected chi connectivity index (χ0v) is 3.62. The van der Waals surface area contributed by atoms with Crippen molar-refractivity contribution in [2.24, 2.45) is 0 Å². The normalized spacial score (nSPS) is 7.40. The van der Waals surface area contributed by atoms with Crippen molar-refractivity contribution in [3.05, 3.63) is 0 Å². The van der Waals surface area contributed by atoms with Gasteiger partial charge < -0.3 is 17.4 Å². The largest absolute Gasteiger partial charge is 0.792 e. The van der Waals surface area contributed by atoms with Crippen LogP contribution in [-0.4, -0.2) is 12.0 Å². The van der Waals surface area contributed by atoms with Crippen LogP contribution in [0.4, 0.5) is 0 Å². The van der Waals surface area contributed by atoms with Gasteiger partial charge in [-0.2, -0.15) is 5.75 Å². The Labute approximate surface area is 36.8 Å². The molecule has 0 aromatic carbocycles. The molecule has 0 bridgehead atoms. The predicted octanol–water partition coefficient (Wildman–Crippen LogP) is 0.122. The number of rotatable bonds is 2. The summed E-state index contributed by atoms with van der Waals surface area (Å²) in [6.45, 7) is 0. The van der Waals surface area contributed by atoms with Crippen molar-refractivity contribution in [2.45, 2.75) is 6.42 Å². The van der Waals surface area contributed by atoms with Crippen molar-refractivity contribution < 1.29 is 4.79 Å². The van der Waals surface area contributed by atoms with Gasteiger partial charge in [0, 0.05) is 0 Å². The Morgan fingerprint density at radius 1 is 1.80 bits per heavy atom. The summed E-state index contributed by atoms with van der Waals surface area (Å²) in [6.07, 6.45) is 1.35. The third-order valence-electron chi connectivity index (χ3n) is 0.236. The van der Waals surface area contributed by atoms with Gasteiger partial charge in [0.15, 0.2) is 0 Å². The molecular weight excluding hydrogens is 84.1 g/mol. The summed E-state index contributed by atoms with van der Waals surface area (Å²) >= 11 is 4.42. The van der Waals surface area contributed by atoms with E-state index in [-0.39, 0.29) is 0 Å². The number of carbonyl (C=O) groups excluding carboxylic acids is 1. The van der Waals surface area contributed by atoms with Gasteiger partial charge >= 0.3 is 0 Å². The molecule has 5 heavy (non-hydrogen) atoms. The van der Waals surface area contributed by atoms with Crippen LogP contribution in [0.3, 0.4) is 0 Å². The fourth-order valence-electron chi connectivity index (χ4n) is 0.0481. The topological polar surface area (TPSA) is 17.1 Å². The number of hydrogen-bond donors (Lipinski definition) is 0. The molecule has 0 rings (SSSR count). The fourth-order valence-corrected chi connectivity index (χ4v) is 0.144. The molecule has 0 aromatic heterocycles. The molecule has 1 nitrogen and oxygen atoms in total. The van der Waals surface area contributed by atoms with E-state index in [4.69, 9.17) is 0 Å². The molecule has 0 N–H and O–H groups in total. The van der Waals surface area contributed by atoms with Crippen LogP contribution in [0.5, 0.6) is 0 Å². The van der Waals surface area contributed by atoms with Gasteiger partial charge in [-0.25, -0.2) is 0 Å². The quantitative estimate of drug-likeness (QED) is 0.353. The first-order valence-corrected chi connectivity index (χ1v) is 2.01. The predicted molar refractivity (Wildman–Crippen MR) is 22.9 cm³/mol. The van der Waals surface area contributed by atoms with E-state index in [0.717, 1.165) is 6.29 Å². The van der Waals surface area contributed by atoms with Crippen molar-refractivity contribution in [3.63, 3.8) is 0 Å². The lowest BCUT2D eigenvalue weighted by Crippen LogP contribution is -1.75. The first kappa shape index (κ1) is 5.02. The SMILES string of the molecule is O=CCC[S-]. The van der Waals surface area contributed by atoms with E-state index in [1.54, 1.807) is 0 Å². The van der Waals surface area contributed by atoms with Gasteiger partial charge in [0.1, 0.15) is 6.29 Å². The molecule has 0 amide bonds. The molecule has 0 fully saturated rings. The lowest BCUT2D eigenvalue weighted by Gasteiger charge is -1.88. The summed E-state index contributed by atoms with van der Waals surface area (Å²) in [7, 11) is 0. The lowest BCUT2D eigenvalue weighted by atomic mass is 10.6. The molecule has 30 valence electrons. The maximum atomic E-state index is 9.34. The summed E-state index contributed by atoms with van der Waals surface area (Å²) in [5, 5.41) is 0. The molecule has 0 atom stereocenters. The highest BCUT2D eigenvalue weighted by Crippen LogP contribution is 1.61. The monoisotopic (exact) mass is 89.0 g/mol. The van der Waals surface area contributed by atoms with E-state index in [1.807, 2.05) is 0 Å². The third-order valence-corrected chi connectivity index (χ3v) is 0.471. The molecule has 2 heteroatoms. The van der Waals surface area contributed by atoms with Crippen LogP contribution in [0.1, 0.15) is 6.42 Å². The Bertz CT molecular complexity index is 28.1. The first-order valence-electron chi connectivity index (χ1n) is 1.43. The Balaban J connectivity index is 2.40. The molecule has 0 unspecified atom stereocenters. The summed E-state index contributed by atoms with van der Waals surface area (Å²) < 4.78 is 0. The Morgan fingerprint density at radius 3 is 2.40 bits per heavy atom. The summed E-state index contributed by atoms with van der Waals surface area (Å²) in [5.74, 6) is 0.559. The molecule has 0 radical (unpaired) electrons. The van der Waals surface area contributed by atoms with Crippen molar-refractivity contribution in [3.8, 4) is 0 Å². The van der Waals surface area contributed by atoms with Gasteiger partial charge in [0.2, 0.25) is 0 Å². The van der Waals surface area contributed by atoms with Gasteiger partial charge in [-0.3, -0.25) is 0 Å². The minimum atomic E-state index is 0.523. The smallest absolute Gasteiger partial charge is 0.118 e. The fraction of sp³-hybridized carbons (Fsp3) is 0.667. The number of aldehydes is 1. The van der Waals surface area contributed by atoms with E-state index in [1.165, 1.54) is 0 Å². The molecule has 0 saturated carbocycles. The van der Waals surface area contributed by atoms with Gasteiger partial charge in [-0.1, -0.05) is 0 Å². The first-order chi connectivity index (χ1) is 2.41. The minimum Gasteiger partial charge on any atom is -0.792 e. The second-order valence-electron chi connectivity index (χ2n) is 0.659. The standard InChI is InChI=1S/C3H6OS/c4-2-1-3-5/h2,5H,1,3H2/p-1. The molecule has 0 aromatic rings. The van der Waals surface area contributed by atoms with Crippen molar-refractivity contribution in [1.29, 1.82) is 0 Å². The second kappa shape index (κ2) is 4.02. The van der Waals surface area contributed by atoms with Gasteiger partial charge in [-0.15, -0.1) is 0 Å². The average Bonchev–Trinajstić information content (AvgIpc) is 1.41. The summed E-state index contributed by atoms with van der Waals surface area (Å²) in [6, 6.07) is 0. The zero-order valence-electron chi connectivity index (χ0n) is 2.81. The number of hydrogen-bond acceptors (Lipinski definition) is 2. The molecule has 0 spiro atoms. The van der Waals surface area contributed by atoms with Crippen LogP contribution in [0.25, 0.3) is 0 Å². The highest BCUT2D eigenvalue weighted by molar-refractivity contribution is 7.58. The summed E-state index contributed by atoms with van der Waals surface area (Å²) in [4.78, 5) is 9.34. The van der Waals surface area contributed by atoms with E-state index in [2.05, 4.69) is 12.6 Å². The van der Waals surface area contributed by atoms with E-state index in [0.29, 0.717) is 12.2 Å². The van der Waals surface area contributed by atoms with E-state index < -0.39 is 0 Å². The highest BCUT2D eigenvalue weighted by Gasteiger charge is 1.58. The van der Waals surface area contributed by atoms with E-state index >= 15 is 0 Å². The molecule has 0 saturated heterocycles.